The highest BCUT2D eigenvalue weighted by Crippen LogP contribution is 2.31. The number of hydrogen-bond acceptors (Lipinski definition) is 6. The van der Waals surface area contributed by atoms with Gasteiger partial charge in [-0.3, -0.25) is 14.9 Å². The van der Waals surface area contributed by atoms with Crippen molar-refractivity contribution in [2.45, 2.75) is 13.8 Å². The van der Waals surface area contributed by atoms with Gasteiger partial charge in [0.25, 0.3) is 11.5 Å². The smallest absolute Gasteiger partial charge is 0.356 e. The van der Waals surface area contributed by atoms with Crippen LogP contribution >= 0.6 is 11.3 Å². The Morgan fingerprint density at radius 3 is 2.41 bits per heavy atom. The summed E-state index contributed by atoms with van der Waals surface area (Å²) in [5.74, 6) is -1.26. The fraction of sp³-hybridized carbons (Fsp3) is 0.167. The largest absolute Gasteiger partial charge is 0.451 e. The van der Waals surface area contributed by atoms with Crippen LogP contribution < -0.4 is 10.9 Å². The number of hydrogen-bond donors (Lipinski definition) is 1. The first-order valence-electron chi connectivity index (χ1n) is 9.93. The zero-order valence-electron chi connectivity index (χ0n) is 17.8. The molecule has 0 bridgehead atoms. The molecule has 8 heteroatoms. The number of aromatic nitrogens is 2. The molecule has 1 amide bonds. The van der Waals surface area contributed by atoms with Crippen LogP contribution in [0.3, 0.4) is 0 Å². The van der Waals surface area contributed by atoms with Crippen molar-refractivity contribution in [3.8, 4) is 11.1 Å². The number of carbonyl (C=O) groups is 2. The molecule has 0 atom stereocenters. The number of pyridine rings is 1. The summed E-state index contributed by atoms with van der Waals surface area (Å²) in [5, 5.41) is 5.99. The molecule has 4 aromatic rings. The number of nitrogens with one attached hydrogen (secondary N) is 1. The van der Waals surface area contributed by atoms with E-state index in [4.69, 9.17) is 4.74 Å². The van der Waals surface area contributed by atoms with Crippen LogP contribution in [0, 0.1) is 13.8 Å². The van der Waals surface area contributed by atoms with Crippen LogP contribution in [0.15, 0.2) is 58.7 Å². The van der Waals surface area contributed by atoms with Gasteiger partial charge in [0.2, 0.25) is 0 Å². The minimum Gasteiger partial charge on any atom is -0.451 e. The first-order chi connectivity index (χ1) is 15.3. The molecule has 0 aliphatic heterocycles. The normalized spacial score (nSPS) is 10.8. The number of thiazole rings is 1. The first kappa shape index (κ1) is 21.5. The molecule has 2 aromatic carbocycles. The molecule has 2 heterocycles. The van der Waals surface area contributed by atoms with E-state index >= 15 is 0 Å². The maximum Gasteiger partial charge on any atom is 0.356 e. The molecule has 32 heavy (non-hydrogen) atoms. The van der Waals surface area contributed by atoms with Crippen molar-refractivity contribution >= 4 is 39.1 Å². The van der Waals surface area contributed by atoms with E-state index < -0.39 is 18.5 Å². The predicted molar refractivity (Wildman–Crippen MR) is 125 cm³/mol. The van der Waals surface area contributed by atoms with Gasteiger partial charge in [-0.05, 0) is 30.9 Å². The number of benzene rings is 2. The molecule has 0 saturated heterocycles. The number of rotatable bonds is 5. The Balaban J connectivity index is 1.72. The monoisotopic (exact) mass is 447 g/mol. The lowest BCUT2D eigenvalue weighted by atomic mass is 9.96. The number of amides is 1. The Labute approximate surface area is 188 Å². The molecule has 2 aromatic heterocycles. The van der Waals surface area contributed by atoms with Crippen molar-refractivity contribution in [2.75, 3.05) is 11.9 Å². The molecule has 0 radical (unpaired) electrons. The molecule has 4 rings (SSSR count). The van der Waals surface area contributed by atoms with Crippen LogP contribution in [-0.4, -0.2) is 28.0 Å². The molecule has 162 valence electrons. The third kappa shape index (κ3) is 4.17. The van der Waals surface area contributed by atoms with Crippen LogP contribution in [0.1, 0.15) is 21.7 Å². The van der Waals surface area contributed by atoms with Gasteiger partial charge in [-0.15, -0.1) is 11.3 Å². The van der Waals surface area contributed by atoms with E-state index in [1.165, 1.54) is 23.0 Å². The van der Waals surface area contributed by atoms with E-state index in [1.54, 1.807) is 23.6 Å². The van der Waals surface area contributed by atoms with Gasteiger partial charge in [0.05, 0.1) is 5.69 Å². The first-order valence-corrected chi connectivity index (χ1v) is 10.8. The highest BCUT2D eigenvalue weighted by atomic mass is 32.1. The van der Waals surface area contributed by atoms with Gasteiger partial charge in [-0.1, -0.05) is 48.0 Å². The number of esters is 1. The lowest BCUT2D eigenvalue weighted by Crippen LogP contribution is -2.28. The summed E-state index contributed by atoms with van der Waals surface area (Å²) in [4.78, 5) is 42.4. The maximum absolute atomic E-state index is 13.1. The second-order valence-corrected chi connectivity index (χ2v) is 8.28. The Kier molecular flexibility index (Phi) is 5.87. The Morgan fingerprint density at radius 1 is 1.06 bits per heavy atom. The van der Waals surface area contributed by atoms with Crippen molar-refractivity contribution < 1.29 is 14.3 Å². The number of ether oxygens (including phenoxy) is 1. The zero-order valence-corrected chi connectivity index (χ0v) is 18.7. The van der Waals surface area contributed by atoms with Crippen molar-refractivity contribution in [3.05, 3.63) is 81.2 Å². The fourth-order valence-corrected chi connectivity index (χ4v) is 4.19. The Bertz CT molecular complexity index is 1390. The molecule has 0 fully saturated rings. The second kappa shape index (κ2) is 8.76. The van der Waals surface area contributed by atoms with Gasteiger partial charge in [0.15, 0.2) is 11.7 Å². The fourth-order valence-electron chi connectivity index (χ4n) is 3.48. The third-order valence-electron chi connectivity index (χ3n) is 5.04. The van der Waals surface area contributed by atoms with E-state index in [2.05, 4.69) is 10.3 Å². The molecule has 7 nitrogen and oxygen atoms in total. The lowest BCUT2D eigenvalue weighted by molar-refractivity contribution is -0.119. The van der Waals surface area contributed by atoms with Gasteiger partial charge in [-0.2, -0.15) is 0 Å². The summed E-state index contributed by atoms with van der Waals surface area (Å²) < 4.78 is 6.59. The maximum atomic E-state index is 13.1. The van der Waals surface area contributed by atoms with Crippen molar-refractivity contribution in [2.24, 2.45) is 7.05 Å². The Hall–Kier alpha value is -3.78. The number of anilines is 1. The van der Waals surface area contributed by atoms with Crippen LogP contribution in [0.25, 0.3) is 21.9 Å². The topological polar surface area (TPSA) is 90.3 Å². The van der Waals surface area contributed by atoms with Gasteiger partial charge in [0, 0.05) is 23.4 Å². The highest BCUT2D eigenvalue weighted by molar-refractivity contribution is 7.13. The highest BCUT2D eigenvalue weighted by Gasteiger charge is 2.23. The summed E-state index contributed by atoms with van der Waals surface area (Å²) in [6.07, 6.45) is 0. The third-order valence-corrected chi connectivity index (χ3v) is 5.91. The van der Waals surface area contributed by atoms with Gasteiger partial charge in [-0.25, -0.2) is 9.78 Å². The van der Waals surface area contributed by atoms with Gasteiger partial charge < -0.3 is 9.30 Å². The molecule has 0 aliphatic rings. The summed E-state index contributed by atoms with van der Waals surface area (Å²) in [6, 6.07) is 14.8. The van der Waals surface area contributed by atoms with Gasteiger partial charge >= 0.3 is 5.97 Å². The van der Waals surface area contributed by atoms with Crippen LogP contribution in [0.5, 0.6) is 0 Å². The SMILES string of the molecule is Cc1ccc(-c2c(C(=O)OCC(=O)Nc3nc(C)cs3)n(C)c(=O)c3ccccc23)cc1. The lowest BCUT2D eigenvalue weighted by Gasteiger charge is -2.16. The van der Waals surface area contributed by atoms with E-state index in [-0.39, 0.29) is 11.3 Å². The molecular weight excluding hydrogens is 426 g/mol. The number of nitrogens with zero attached hydrogens (tertiary/aromatic N) is 2. The molecule has 0 unspecified atom stereocenters. The number of aryl methyl sites for hydroxylation is 2. The summed E-state index contributed by atoms with van der Waals surface area (Å²) in [5.41, 5.74) is 3.00. The van der Waals surface area contributed by atoms with E-state index in [0.29, 0.717) is 21.5 Å². The molecule has 0 saturated carbocycles. The quantitative estimate of drug-likeness (QED) is 0.466. The summed E-state index contributed by atoms with van der Waals surface area (Å²) in [6.45, 7) is 3.30. The van der Waals surface area contributed by atoms with Crippen molar-refractivity contribution in [1.29, 1.82) is 0 Å². The summed E-state index contributed by atoms with van der Waals surface area (Å²) in [7, 11) is 1.53. The van der Waals surface area contributed by atoms with Gasteiger partial charge in [0.1, 0.15) is 5.69 Å². The zero-order chi connectivity index (χ0) is 22.8. The minimum atomic E-state index is -0.753. The number of fused-ring (bicyclic) bond motifs is 1. The van der Waals surface area contributed by atoms with Crippen LogP contribution in [0.2, 0.25) is 0 Å². The summed E-state index contributed by atoms with van der Waals surface area (Å²) >= 11 is 1.29. The molecule has 1 N–H and O–H groups in total. The van der Waals surface area contributed by atoms with Crippen LogP contribution in [0.4, 0.5) is 5.13 Å². The molecule has 0 aliphatic carbocycles. The van der Waals surface area contributed by atoms with Crippen molar-refractivity contribution in [3.63, 3.8) is 0 Å². The predicted octanol–water partition coefficient (Wildman–Crippen LogP) is 4.07. The average Bonchev–Trinajstić information content (AvgIpc) is 3.19. The average molecular weight is 448 g/mol. The van der Waals surface area contributed by atoms with E-state index in [0.717, 1.165) is 16.8 Å². The van der Waals surface area contributed by atoms with Crippen molar-refractivity contribution in [1.82, 2.24) is 9.55 Å². The Morgan fingerprint density at radius 2 is 1.75 bits per heavy atom. The van der Waals surface area contributed by atoms with E-state index in [1.807, 2.05) is 44.2 Å². The minimum absolute atomic E-state index is 0.0930. The number of carbonyl (C=O) groups excluding carboxylic acids is 2. The second-order valence-electron chi connectivity index (χ2n) is 7.42. The molecule has 0 spiro atoms. The molecular formula is C24H21N3O4S. The van der Waals surface area contributed by atoms with Crippen LogP contribution in [-0.2, 0) is 16.6 Å². The van der Waals surface area contributed by atoms with E-state index in [9.17, 15) is 14.4 Å². The standard InChI is InChI=1S/C24H21N3O4S/c1-14-8-10-16(11-9-14)20-17-6-4-5-7-18(17)22(29)27(3)21(20)23(30)31-12-19(28)26-24-25-15(2)13-32-24/h4-11,13H,12H2,1-3H3,(H,25,26,28).